The second kappa shape index (κ2) is 7.85. The van der Waals surface area contributed by atoms with Gasteiger partial charge in [-0.3, -0.25) is 4.79 Å². The van der Waals surface area contributed by atoms with E-state index in [1.54, 1.807) is 0 Å². The van der Waals surface area contributed by atoms with Crippen molar-refractivity contribution in [1.29, 1.82) is 0 Å². The van der Waals surface area contributed by atoms with Crippen molar-refractivity contribution in [2.75, 3.05) is 6.61 Å². The number of nitrogens with two attached hydrogens (primary N) is 1. The van der Waals surface area contributed by atoms with Gasteiger partial charge in [-0.2, -0.15) is 0 Å². The molecule has 1 aliphatic rings. The fourth-order valence-electron chi connectivity index (χ4n) is 3.19. The van der Waals surface area contributed by atoms with Crippen molar-refractivity contribution < 1.29 is 19.4 Å². The summed E-state index contributed by atoms with van der Waals surface area (Å²) >= 11 is 0. The highest BCUT2D eigenvalue weighted by molar-refractivity contribution is 5.88. The zero-order valence-corrected chi connectivity index (χ0v) is 14.1. The molecule has 0 bridgehead atoms. The summed E-state index contributed by atoms with van der Waals surface area (Å²) in [6.07, 6.45) is -0.0458. The van der Waals surface area contributed by atoms with Gasteiger partial charge in [-0.25, -0.2) is 4.79 Å². The predicted octanol–water partition coefficient (Wildman–Crippen LogP) is 2.54. The molecule has 0 heterocycles. The minimum Gasteiger partial charge on any atom is -0.481 e. The summed E-state index contributed by atoms with van der Waals surface area (Å²) in [5, 5.41) is 8.64. The number of hydrogen-bond acceptors (Lipinski definition) is 4. The highest BCUT2D eigenvalue weighted by Crippen LogP contribution is 2.44. The van der Waals surface area contributed by atoms with Gasteiger partial charge < -0.3 is 15.6 Å². The molecule has 3 rings (SSSR count). The van der Waals surface area contributed by atoms with Gasteiger partial charge in [-0.05, 0) is 22.3 Å². The Morgan fingerprint density at radius 3 is 2.23 bits per heavy atom. The first-order valence-electron chi connectivity index (χ1n) is 8.37. The summed E-state index contributed by atoms with van der Waals surface area (Å²) in [6, 6.07) is 15.6. The molecular formula is C21H19NO4. The van der Waals surface area contributed by atoms with E-state index in [-0.39, 0.29) is 25.4 Å². The molecule has 1 aliphatic carbocycles. The van der Waals surface area contributed by atoms with Gasteiger partial charge in [0.2, 0.25) is 0 Å². The molecule has 3 N–H and O–H groups in total. The quantitative estimate of drug-likeness (QED) is 0.492. The first-order valence-corrected chi connectivity index (χ1v) is 8.37. The number of hydrogen-bond donors (Lipinski definition) is 2. The van der Waals surface area contributed by atoms with Gasteiger partial charge in [0.05, 0.1) is 6.42 Å². The summed E-state index contributed by atoms with van der Waals surface area (Å²) in [5.41, 5.74) is 10.2. The number of aliphatic carboxylic acids is 1. The van der Waals surface area contributed by atoms with Crippen LogP contribution in [0.2, 0.25) is 0 Å². The van der Waals surface area contributed by atoms with Gasteiger partial charge in [0.15, 0.2) is 0 Å². The number of fused-ring (bicyclic) bond motifs is 3. The van der Waals surface area contributed by atoms with E-state index in [9.17, 15) is 9.59 Å². The van der Waals surface area contributed by atoms with Gasteiger partial charge >= 0.3 is 11.9 Å². The molecule has 26 heavy (non-hydrogen) atoms. The molecule has 0 radical (unpaired) electrons. The zero-order valence-electron chi connectivity index (χ0n) is 14.1. The number of carbonyl (C=O) groups excluding carboxylic acids is 1. The molecule has 0 aliphatic heterocycles. The van der Waals surface area contributed by atoms with Crippen molar-refractivity contribution >= 4 is 11.9 Å². The van der Waals surface area contributed by atoms with Gasteiger partial charge in [-0.15, -0.1) is 0 Å². The Morgan fingerprint density at radius 1 is 1.08 bits per heavy atom. The highest BCUT2D eigenvalue weighted by Gasteiger charge is 2.28. The second-order valence-corrected chi connectivity index (χ2v) is 6.19. The molecule has 0 saturated carbocycles. The van der Waals surface area contributed by atoms with E-state index in [1.165, 1.54) is 0 Å². The number of esters is 1. The zero-order chi connectivity index (χ0) is 18.5. The molecule has 0 spiro atoms. The average Bonchev–Trinajstić information content (AvgIpc) is 2.93. The van der Waals surface area contributed by atoms with Crippen LogP contribution in [0.15, 0.2) is 48.5 Å². The fourth-order valence-corrected chi connectivity index (χ4v) is 3.19. The molecule has 132 valence electrons. The van der Waals surface area contributed by atoms with Gasteiger partial charge in [0, 0.05) is 24.3 Å². The lowest BCUT2D eigenvalue weighted by molar-refractivity contribution is -0.138. The third kappa shape index (κ3) is 3.93. The van der Waals surface area contributed by atoms with Crippen LogP contribution in [0.4, 0.5) is 0 Å². The van der Waals surface area contributed by atoms with Crippen molar-refractivity contribution in [3.63, 3.8) is 0 Å². The lowest BCUT2D eigenvalue weighted by Gasteiger charge is -2.12. The van der Waals surface area contributed by atoms with Crippen molar-refractivity contribution in [2.24, 2.45) is 5.73 Å². The summed E-state index contributed by atoms with van der Waals surface area (Å²) in [7, 11) is 0. The van der Waals surface area contributed by atoms with Crippen LogP contribution in [0.25, 0.3) is 11.1 Å². The predicted molar refractivity (Wildman–Crippen MR) is 97.3 cm³/mol. The Bertz CT molecular complexity index is 849. The largest absolute Gasteiger partial charge is 0.481 e. The monoisotopic (exact) mass is 349 g/mol. The maximum absolute atomic E-state index is 11.9. The van der Waals surface area contributed by atoms with Crippen molar-refractivity contribution in [3.05, 3.63) is 59.7 Å². The van der Waals surface area contributed by atoms with E-state index >= 15 is 0 Å². The van der Waals surface area contributed by atoms with E-state index in [0.29, 0.717) is 0 Å². The van der Waals surface area contributed by atoms with Crippen molar-refractivity contribution in [3.8, 4) is 23.0 Å². The Kier molecular flexibility index (Phi) is 5.35. The molecular weight excluding hydrogens is 330 g/mol. The SMILES string of the molecule is N[C@@H](CC#CC(=O)OCC1c2ccccc2-c2ccccc21)CC(=O)O. The van der Waals surface area contributed by atoms with E-state index < -0.39 is 18.0 Å². The van der Waals surface area contributed by atoms with Gasteiger partial charge in [0.1, 0.15) is 6.61 Å². The average molecular weight is 349 g/mol. The fraction of sp³-hybridized carbons (Fsp3) is 0.238. The Labute approximate surface area is 151 Å². The Balaban J connectivity index is 1.63. The van der Waals surface area contributed by atoms with Crippen molar-refractivity contribution in [1.82, 2.24) is 0 Å². The van der Waals surface area contributed by atoms with Crippen LogP contribution < -0.4 is 5.73 Å². The van der Waals surface area contributed by atoms with Gasteiger partial charge in [0.25, 0.3) is 0 Å². The number of carbonyl (C=O) groups is 2. The molecule has 2 aromatic rings. The van der Waals surface area contributed by atoms with E-state index in [4.69, 9.17) is 15.6 Å². The van der Waals surface area contributed by atoms with E-state index in [0.717, 1.165) is 22.3 Å². The standard InChI is InChI=1S/C21H19NO4/c22-14(12-20(23)24)6-5-11-21(25)26-13-19-17-9-3-1-7-15(17)16-8-2-4-10-18(16)19/h1-4,7-10,14,19H,6,12-13,22H2,(H,23,24)/t14-/m0/s1. The summed E-state index contributed by atoms with van der Waals surface area (Å²) < 4.78 is 5.33. The molecule has 5 nitrogen and oxygen atoms in total. The summed E-state index contributed by atoms with van der Waals surface area (Å²) in [6.45, 7) is 0.211. The summed E-state index contributed by atoms with van der Waals surface area (Å²) in [4.78, 5) is 22.4. The molecule has 0 fully saturated rings. The number of ether oxygens (including phenoxy) is 1. The number of carboxylic acids is 1. The smallest absolute Gasteiger partial charge is 0.384 e. The lowest BCUT2D eigenvalue weighted by Crippen LogP contribution is -2.22. The normalized spacial score (nSPS) is 13.1. The highest BCUT2D eigenvalue weighted by atomic mass is 16.5. The first-order chi connectivity index (χ1) is 12.6. The summed E-state index contributed by atoms with van der Waals surface area (Å²) in [5.74, 6) is 3.34. The number of carboxylic acid groups (broad SMARTS) is 1. The van der Waals surface area contributed by atoms with Crippen LogP contribution in [-0.4, -0.2) is 29.7 Å². The second-order valence-electron chi connectivity index (χ2n) is 6.19. The van der Waals surface area contributed by atoms with Crippen LogP contribution in [0.1, 0.15) is 29.9 Å². The third-order valence-corrected chi connectivity index (χ3v) is 4.34. The molecule has 0 amide bonds. The van der Waals surface area contributed by atoms with Gasteiger partial charge in [-0.1, -0.05) is 54.5 Å². The minimum atomic E-state index is -0.986. The molecule has 1 atom stereocenters. The third-order valence-electron chi connectivity index (χ3n) is 4.34. The van der Waals surface area contributed by atoms with Crippen LogP contribution >= 0.6 is 0 Å². The van der Waals surface area contributed by atoms with E-state index in [1.807, 2.05) is 36.4 Å². The number of rotatable bonds is 5. The first kappa shape index (κ1) is 17.7. The van der Waals surface area contributed by atoms with Crippen LogP contribution in [0, 0.1) is 11.8 Å². The Morgan fingerprint density at radius 2 is 1.65 bits per heavy atom. The molecule has 0 aromatic heterocycles. The number of benzene rings is 2. The van der Waals surface area contributed by atoms with Crippen LogP contribution in [-0.2, 0) is 14.3 Å². The Hall–Kier alpha value is -3.10. The van der Waals surface area contributed by atoms with Crippen molar-refractivity contribution in [2.45, 2.75) is 24.8 Å². The lowest BCUT2D eigenvalue weighted by atomic mass is 9.98. The minimum absolute atomic E-state index is 0.0117. The van der Waals surface area contributed by atoms with E-state index in [2.05, 4.69) is 24.0 Å². The maximum atomic E-state index is 11.9. The molecule has 2 aromatic carbocycles. The van der Waals surface area contributed by atoms with Crippen LogP contribution in [0.3, 0.4) is 0 Å². The van der Waals surface area contributed by atoms with Crippen LogP contribution in [0.5, 0.6) is 0 Å². The topological polar surface area (TPSA) is 89.6 Å². The molecule has 0 unspecified atom stereocenters. The molecule has 5 heteroatoms. The molecule has 0 saturated heterocycles. The maximum Gasteiger partial charge on any atom is 0.384 e.